The molecule has 0 spiro atoms. The maximum Gasteiger partial charge on any atom is 0.227 e. The van der Waals surface area contributed by atoms with Crippen LogP contribution in [0.1, 0.15) is 49.2 Å². The maximum absolute atomic E-state index is 13.0. The van der Waals surface area contributed by atoms with Gasteiger partial charge >= 0.3 is 0 Å². The number of aromatic nitrogens is 2. The van der Waals surface area contributed by atoms with E-state index >= 15 is 0 Å². The van der Waals surface area contributed by atoms with E-state index in [1.165, 1.54) is 0 Å². The minimum atomic E-state index is 0.0714. The number of methoxy groups -OCH3 is 1. The van der Waals surface area contributed by atoms with Gasteiger partial charge in [0.1, 0.15) is 5.75 Å². The molecule has 2 heterocycles. The van der Waals surface area contributed by atoms with E-state index in [-0.39, 0.29) is 11.8 Å². The molecule has 0 aliphatic heterocycles. The third kappa shape index (κ3) is 5.19. The third-order valence-corrected chi connectivity index (χ3v) is 5.22. The number of carbonyl (C=O) groups is 1. The standard InChI is InChI=1S/C21H25N3O3S/c1-15(2)21-22-19(27-23-21)7-4-8-20(25)24(14-18-6-5-13-28-18)16-9-11-17(26-3)12-10-16/h5-6,9-13,15H,4,7-8,14H2,1-3H3. The molecule has 0 fully saturated rings. The van der Waals surface area contributed by atoms with Crippen LogP contribution in [0.15, 0.2) is 46.3 Å². The van der Waals surface area contributed by atoms with Crippen molar-refractivity contribution in [2.45, 2.75) is 45.6 Å². The van der Waals surface area contributed by atoms with Gasteiger partial charge in [-0.25, -0.2) is 0 Å². The molecule has 0 saturated heterocycles. The van der Waals surface area contributed by atoms with E-state index in [4.69, 9.17) is 9.26 Å². The lowest BCUT2D eigenvalue weighted by molar-refractivity contribution is -0.118. The van der Waals surface area contributed by atoms with Gasteiger partial charge in [0.05, 0.1) is 13.7 Å². The first-order valence-electron chi connectivity index (χ1n) is 9.36. The zero-order valence-electron chi connectivity index (χ0n) is 16.4. The first-order valence-corrected chi connectivity index (χ1v) is 10.2. The van der Waals surface area contributed by atoms with Gasteiger partial charge in [0, 0.05) is 29.3 Å². The van der Waals surface area contributed by atoms with Crippen LogP contribution in [0.25, 0.3) is 0 Å². The number of carbonyl (C=O) groups excluding carboxylic acids is 1. The molecule has 0 N–H and O–H groups in total. The molecular formula is C21H25N3O3S. The number of amides is 1. The molecule has 7 heteroatoms. The number of ether oxygens (including phenoxy) is 1. The van der Waals surface area contributed by atoms with Crippen LogP contribution in [0, 0.1) is 0 Å². The fraction of sp³-hybridized carbons (Fsp3) is 0.381. The summed E-state index contributed by atoms with van der Waals surface area (Å²) in [5, 5.41) is 5.99. The van der Waals surface area contributed by atoms with E-state index in [0.717, 1.165) is 16.3 Å². The number of hydrogen-bond acceptors (Lipinski definition) is 6. The Balaban J connectivity index is 1.65. The van der Waals surface area contributed by atoms with E-state index in [0.29, 0.717) is 37.5 Å². The minimum Gasteiger partial charge on any atom is -0.497 e. The number of nitrogens with zero attached hydrogens (tertiary/aromatic N) is 3. The van der Waals surface area contributed by atoms with Gasteiger partial charge in [-0.2, -0.15) is 4.98 Å². The fourth-order valence-electron chi connectivity index (χ4n) is 2.77. The number of benzene rings is 1. The Morgan fingerprint density at radius 3 is 2.64 bits per heavy atom. The van der Waals surface area contributed by atoms with E-state index < -0.39 is 0 Å². The number of thiophene rings is 1. The topological polar surface area (TPSA) is 68.5 Å². The summed E-state index contributed by atoms with van der Waals surface area (Å²) in [6, 6.07) is 11.6. The van der Waals surface area contributed by atoms with Crippen LogP contribution < -0.4 is 9.64 Å². The molecule has 0 aliphatic rings. The number of aryl methyl sites for hydroxylation is 1. The van der Waals surface area contributed by atoms with Crippen molar-refractivity contribution in [3.05, 3.63) is 58.4 Å². The Morgan fingerprint density at radius 2 is 2.04 bits per heavy atom. The van der Waals surface area contributed by atoms with Crippen molar-refractivity contribution in [1.29, 1.82) is 0 Å². The quantitative estimate of drug-likeness (QED) is 0.516. The lowest BCUT2D eigenvalue weighted by atomic mass is 10.2. The molecule has 1 aromatic carbocycles. The van der Waals surface area contributed by atoms with Crippen LogP contribution in [0.3, 0.4) is 0 Å². The van der Waals surface area contributed by atoms with Gasteiger partial charge in [-0.1, -0.05) is 25.1 Å². The smallest absolute Gasteiger partial charge is 0.227 e. The van der Waals surface area contributed by atoms with Gasteiger partial charge in [-0.15, -0.1) is 11.3 Å². The predicted molar refractivity (Wildman–Crippen MR) is 110 cm³/mol. The Bertz CT molecular complexity index is 873. The number of rotatable bonds is 9. The molecule has 1 amide bonds. The highest BCUT2D eigenvalue weighted by Gasteiger charge is 2.18. The third-order valence-electron chi connectivity index (χ3n) is 4.36. The first kappa shape index (κ1) is 20.1. The largest absolute Gasteiger partial charge is 0.497 e. The molecule has 0 unspecified atom stereocenters. The molecule has 0 saturated carbocycles. The van der Waals surface area contributed by atoms with Gasteiger partial charge in [0.15, 0.2) is 5.82 Å². The number of hydrogen-bond donors (Lipinski definition) is 0. The van der Waals surface area contributed by atoms with Crippen LogP contribution in [-0.4, -0.2) is 23.2 Å². The summed E-state index contributed by atoms with van der Waals surface area (Å²) in [5.74, 6) is 2.37. The van der Waals surface area contributed by atoms with Crippen LogP contribution >= 0.6 is 11.3 Å². The molecule has 2 aromatic heterocycles. The molecule has 0 atom stereocenters. The highest BCUT2D eigenvalue weighted by atomic mass is 32.1. The molecule has 0 aliphatic carbocycles. The van der Waals surface area contributed by atoms with Gasteiger partial charge in [-0.05, 0) is 42.1 Å². The van der Waals surface area contributed by atoms with E-state index in [1.54, 1.807) is 18.4 Å². The summed E-state index contributed by atoms with van der Waals surface area (Å²) >= 11 is 1.65. The summed E-state index contributed by atoms with van der Waals surface area (Å²) in [6.07, 6.45) is 1.67. The molecule has 0 bridgehead atoms. The van der Waals surface area contributed by atoms with Crippen molar-refractivity contribution in [3.8, 4) is 5.75 Å². The molecule has 148 valence electrons. The Kier molecular flexibility index (Phi) is 6.81. The zero-order valence-corrected chi connectivity index (χ0v) is 17.2. The Hall–Kier alpha value is -2.67. The second-order valence-electron chi connectivity index (χ2n) is 6.81. The SMILES string of the molecule is COc1ccc(N(Cc2cccs2)C(=O)CCCc2nc(C(C)C)no2)cc1. The Morgan fingerprint density at radius 1 is 1.25 bits per heavy atom. The second kappa shape index (κ2) is 9.50. The van der Waals surface area contributed by atoms with E-state index in [2.05, 4.69) is 10.1 Å². The highest BCUT2D eigenvalue weighted by molar-refractivity contribution is 7.09. The zero-order chi connectivity index (χ0) is 19.9. The van der Waals surface area contributed by atoms with Crippen molar-refractivity contribution >= 4 is 22.9 Å². The number of anilines is 1. The molecule has 3 rings (SSSR count). The van der Waals surface area contributed by atoms with Crippen molar-refractivity contribution in [2.75, 3.05) is 12.0 Å². The average molecular weight is 400 g/mol. The highest BCUT2D eigenvalue weighted by Crippen LogP contribution is 2.24. The normalized spacial score (nSPS) is 11.0. The van der Waals surface area contributed by atoms with Crippen molar-refractivity contribution < 1.29 is 14.1 Å². The Labute approximate surface area is 169 Å². The van der Waals surface area contributed by atoms with Crippen molar-refractivity contribution in [3.63, 3.8) is 0 Å². The van der Waals surface area contributed by atoms with Gasteiger partial charge in [-0.3, -0.25) is 4.79 Å². The monoisotopic (exact) mass is 399 g/mol. The molecule has 0 radical (unpaired) electrons. The van der Waals surface area contributed by atoms with Gasteiger partial charge in [0.25, 0.3) is 0 Å². The van der Waals surface area contributed by atoms with Crippen LogP contribution in [0.5, 0.6) is 5.75 Å². The van der Waals surface area contributed by atoms with Gasteiger partial charge in [0.2, 0.25) is 11.8 Å². The van der Waals surface area contributed by atoms with Gasteiger partial charge < -0.3 is 14.2 Å². The van der Waals surface area contributed by atoms with Crippen LogP contribution in [0.2, 0.25) is 0 Å². The van der Waals surface area contributed by atoms with Crippen LogP contribution in [-0.2, 0) is 17.8 Å². The average Bonchev–Trinajstić information content (AvgIpc) is 3.38. The summed E-state index contributed by atoms with van der Waals surface area (Å²) < 4.78 is 10.5. The molecule has 28 heavy (non-hydrogen) atoms. The summed E-state index contributed by atoms with van der Waals surface area (Å²) in [6.45, 7) is 4.60. The predicted octanol–water partition coefficient (Wildman–Crippen LogP) is 4.82. The molecule has 6 nitrogen and oxygen atoms in total. The summed E-state index contributed by atoms with van der Waals surface area (Å²) in [5.41, 5.74) is 0.860. The lowest BCUT2D eigenvalue weighted by Crippen LogP contribution is -2.29. The van der Waals surface area contributed by atoms with E-state index in [9.17, 15) is 4.79 Å². The van der Waals surface area contributed by atoms with Crippen molar-refractivity contribution in [2.24, 2.45) is 0 Å². The molecule has 3 aromatic rings. The summed E-state index contributed by atoms with van der Waals surface area (Å²) in [7, 11) is 1.63. The van der Waals surface area contributed by atoms with Crippen molar-refractivity contribution in [1.82, 2.24) is 10.1 Å². The molecular weight excluding hydrogens is 374 g/mol. The van der Waals surface area contributed by atoms with Crippen LogP contribution in [0.4, 0.5) is 5.69 Å². The summed E-state index contributed by atoms with van der Waals surface area (Å²) in [4.78, 5) is 20.3. The van der Waals surface area contributed by atoms with E-state index in [1.807, 2.05) is 60.5 Å². The maximum atomic E-state index is 13.0. The lowest BCUT2D eigenvalue weighted by Gasteiger charge is -2.22. The first-order chi connectivity index (χ1) is 13.6. The fourth-order valence-corrected chi connectivity index (χ4v) is 3.47. The minimum absolute atomic E-state index is 0.0714. The second-order valence-corrected chi connectivity index (χ2v) is 7.84.